The molecule has 2 aliphatic rings. The minimum Gasteiger partial charge on any atom is -0.497 e. The van der Waals surface area contributed by atoms with E-state index < -0.39 is 0 Å². The van der Waals surface area contributed by atoms with Crippen molar-refractivity contribution in [3.05, 3.63) is 59.9 Å². The summed E-state index contributed by atoms with van der Waals surface area (Å²) in [5.74, 6) is 0.865. The molecule has 1 aromatic carbocycles. The fourth-order valence-electron chi connectivity index (χ4n) is 3.93. The van der Waals surface area contributed by atoms with Crippen LogP contribution in [0.3, 0.4) is 0 Å². The number of amides is 1. The summed E-state index contributed by atoms with van der Waals surface area (Å²) in [5, 5.41) is 0. The summed E-state index contributed by atoms with van der Waals surface area (Å²) in [6, 6.07) is 14.2. The van der Waals surface area contributed by atoms with E-state index in [0.29, 0.717) is 0 Å². The molecule has 2 aliphatic heterocycles. The van der Waals surface area contributed by atoms with Gasteiger partial charge in [0.05, 0.1) is 18.8 Å². The maximum atomic E-state index is 12.2. The quantitative estimate of drug-likeness (QED) is 0.753. The molecule has 2 atom stereocenters. The van der Waals surface area contributed by atoms with Crippen molar-refractivity contribution in [3.63, 3.8) is 0 Å². The number of nitrogens with zero attached hydrogens (tertiary/aromatic N) is 3. The van der Waals surface area contributed by atoms with Crippen LogP contribution in [-0.4, -0.2) is 59.8 Å². The smallest absolute Gasteiger partial charge is 0.410 e. The Morgan fingerprint density at radius 3 is 2.78 bits per heavy atom. The van der Waals surface area contributed by atoms with Gasteiger partial charge in [0.2, 0.25) is 0 Å². The van der Waals surface area contributed by atoms with Crippen LogP contribution in [0.15, 0.2) is 48.7 Å². The van der Waals surface area contributed by atoms with Crippen molar-refractivity contribution in [2.75, 3.05) is 26.7 Å². The van der Waals surface area contributed by atoms with Gasteiger partial charge >= 0.3 is 6.09 Å². The second-order valence-electron chi connectivity index (χ2n) is 7.15. The number of methoxy groups -OCH3 is 1. The van der Waals surface area contributed by atoms with Gasteiger partial charge < -0.3 is 14.4 Å². The number of fused-ring (bicyclic) bond motifs is 1. The Kier molecular flexibility index (Phi) is 5.25. The first-order valence-electron chi connectivity index (χ1n) is 9.45. The fraction of sp³-hybridized carbons (Fsp3) is 0.429. The van der Waals surface area contributed by atoms with Gasteiger partial charge in [-0.3, -0.25) is 9.88 Å². The van der Waals surface area contributed by atoms with Crippen LogP contribution in [0.5, 0.6) is 5.75 Å². The Morgan fingerprint density at radius 2 is 2.04 bits per heavy atom. The number of benzene rings is 1. The Bertz CT molecular complexity index is 766. The predicted octanol–water partition coefficient (Wildman–Crippen LogP) is 2.73. The number of aromatic nitrogens is 1. The van der Waals surface area contributed by atoms with Gasteiger partial charge in [-0.1, -0.05) is 18.2 Å². The van der Waals surface area contributed by atoms with Crippen LogP contribution in [0, 0.1) is 0 Å². The molecule has 3 heterocycles. The molecule has 0 bridgehead atoms. The Labute approximate surface area is 159 Å². The van der Waals surface area contributed by atoms with Crippen LogP contribution in [-0.2, 0) is 17.7 Å². The highest BCUT2D eigenvalue weighted by molar-refractivity contribution is 5.71. The molecule has 2 saturated heterocycles. The highest BCUT2D eigenvalue weighted by Crippen LogP contribution is 2.28. The lowest BCUT2D eigenvalue weighted by Gasteiger charge is -2.22. The minimum absolute atomic E-state index is 0.0257. The minimum atomic E-state index is -0.169. The van der Waals surface area contributed by atoms with Crippen LogP contribution in [0.1, 0.15) is 17.7 Å². The zero-order chi connectivity index (χ0) is 18.6. The second-order valence-corrected chi connectivity index (χ2v) is 7.15. The van der Waals surface area contributed by atoms with E-state index in [-0.39, 0.29) is 18.2 Å². The van der Waals surface area contributed by atoms with E-state index in [1.807, 2.05) is 41.4 Å². The van der Waals surface area contributed by atoms with Crippen molar-refractivity contribution >= 4 is 6.09 Å². The van der Waals surface area contributed by atoms with Crippen molar-refractivity contribution in [2.24, 2.45) is 0 Å². The third-order valence-electron chi connectivity index (χ3n) is 5.33. The van der Waals surface area contributed by atoms with Gasteiger partial charge in [0.15, 0.2) is 0 Å². The number of carbonyl (C=O) groups is 1. The third kappa shape index (κ3) is 4.06. The predicted molar refractivity (Wildman–Crippen MR) is 102 cm³/mol. The number of hydrogen-bond acceptors (Lipinski definition) is 5. The van der Waals surface area contributed by atoms with Crippen LogP contribution in [0.2, 0.25) is 0 Å². The fourth-order valence-corrected chi connectivity index (χ4v) is 3.93. The highest BCUT2D eigenvalue weighted by Gasteiger charge is 2.47. The lowest BCUT2D eigenvalue weighted by molar-refractivity contribution is 0.120. The van der Waals surface area contributed by atoms with E-state index in [4.69, 9.17) is 9.47 Å². The average molecular weight is 367 g/mol. The van der Waals surface area contributed by atoms with Crippen molar-refractivity contribution in [2.45, 2.75) is 31.5 Å². The van der Waals surface area contributed by atoms with Gasteiger partial charge in [0.1, 0.15) is 11.9 Å². The molecule has 2 aromatic rings. The van der Waals surface area contributed by atoms with Crippen molar-refractivity contribution in [1.29, 1.82) is 0 Å². The van der Waals surface area contributed by atoms with E-state index in [2.05, 4.69) is 22.0 Å². The lowest BCUT2D eigenvalue weighted by Crippen LogP contribution is -2.38. The summed E-state index contributed by atoms with van der Waals surface area (Å²) in [6.07, 6.45) is 3.48. The zero-order valence-corrected chi connectivity index (χ0v) is 15.6. The molecule has 27 heavy (non-hydrogen) atoms. The van der Waals surface area contributed by atoms with Gasteiger partial charge in [-0.15, -0.1) is 0 Å². The molecule has 0 spiro atoms. The number of likely N-dealkylation sites (tertiary alicyclic amines) is 1. The maximum Gasteiger partial charge on any atom is 0.410 e. The molecule has 2 fully saturated rings. The van der Waals surface area contributed by atoms with E-state index in [1.165, 1.54) is 5.56 Å². The largest absolute Gasteiger partial charge is 0.497 e. The van der Waals surface area contributed by atoms with Gasteiger partial charge in [-0.25, -0.2) is 4.79 Å². The molecule has 0 N–H and O–H groups in total. The van der Waals surface area contributed by atoms with Gasteiger partial charge in [-0.05, 0) is 42.7 Å². The lowest BCUT2D eigenvalue weighted by atomic mass is 10.1. The molecule has 6 heteroatoms. The average Bonchev–Trinajstić information content (AvgIpc) is 3.20. The SMILES string of the molecule is COc1ccc(CCCN2C(=O)O[C@H]3CN(Cc4ccccn4)C[C@H]32)cc1. The molecule has 6 nitrogen and oxygen atoms in total. The van der Waals surface area contributed by atoms with E-state index >= 15 is 0 Å². The summed E-state index contributed by atoms with van der Waals surface area (Å²) in [5.41, 5.74) is 2.30. The van der Waals surface area contributed by atoms with Crippen molar-refractivity contribution < 1.29 is 14.3 Å². The number of pyridine rings is 1. The third-order valence-corrected chi connectivity index (χ3v) is 5.33. The molecular weight excluding hydrogens is 342 g/mol. The Morgan fingerprint density at radius 1 is 1.19 bits per heavy atom. The maximum absolute atomic E-state index is 12.2. The first-order chi connectivity index (χ1) is 13.2. The van der Waals surface area contributed by atoms with Crippen LogP contribution in [0.25, 0.3) is 0 Å². The normalized spacial score (nSPS) is 22.0. The molecule has 0 aliphatic carbocycles. The number of hydrogen-bond donors (Lipinski definition) is 0. The molecule has 142 valence electrons. The summed E-state index contributed by atoms with van der Waals surface area (Å²) in [7, 11) is 1.67. The van der Waals surface area contributed by atoms with Gasteiger partial charge in [0.25, 0.3) is 0 Å². The van der Waals surface area contributed by atoms with E-state index in [0.717, 1.165) is 50.5 Å². The molecule has 4 rings (SSSR count). The first kappa shape index (κ1) is 17.8. The molecule has 1 aromatic heterocycles. The molecule has 0 radical (unpaired) electrons. The molecule has 0 saturated carbocycles. The summed E-state index contributed by atoms with van der Waals surface area (Å²) in [6.45, 7) is 3.14. The van der Waals surface area contributed by atoms with Crippen LogP contribution >= 0.6 is 0 Å². The second kappa shape index (κ2) is 7.96. The van der Waals surface area contributed by atoms with Crippen LogP contribution in [0.4, 0.5) is 4.79 Å². The Balaban J connectivity index is 1.29. The summed E-state index contributed by atoms with van der Waals surface area (Å²) >= 11 is 0. The number of ether oxygens (including phenoxy) is 2. The Hall–Kier alpha value is -2.60. The summed E-state index contributed by atoms with van der Waals surface area (Å²) in [4.78, 5) is 20.9. The topological polar surface area (TPSA) is 54.9 Å². The van der Waals surface area contributed by atoms with Gasteiger partial charge in [-0.2, -0.15) is 0 Å². The van der Waals surface area contributed by atoms with Gasteiger partial charge in [0, 0.05) is 32.4 Å². The molecule has 0 unspecified atom stereocenters. The number of rotatable bonds is 7. The van der Waals surface area contributed by atoms with Crippen molar-refractivity contribution in [1.82, 2.24) is 14.8 Å². The van der Waals surface area contributed by atoms with Crippen LogP contribution < -0.4 is 4.74 Å². The molecule has 1 amide bonds. The monoisotopic (exact) mass is 367 g/mol. The standard InChI is InChI=1S/C21H25N3O3/c1-26-18-9-7-16(8-10-18)5-4-12-24-19-14-23(15-20(19)27-21(24)25)13-17-6-2-3-11-22-17/h2-3,6-11,19-20H,4-5,12-15H2,1H3/t19-,20+/m1/s1. The number of carbonyl (C=O) groups excluding carboxylic acids is 1. The summed E-state index contributed by atoms with van der Waals surface area (Å²) < 4.78 is 10.8. The van der Waals surface area contributed by atoms with E-state index in [1.54, 1.807) is 7.11 Å². The van der Waals surface area contributed by atoms with Crippen molar-refractivity contribution in [3.8, 4) is 5.75 Å². The van der Waals surface area contributed by atoms with E-state index in [9.17, 15) is 4.79 Å². The first-order valence-corrected chi connectivity index (χ1v) is 9.45. The molecular formula is C21H25N3O3. The number of aryl methyl sites for hydroxylation is 1. The zero-order valence-electron chi connectivity index (χ0n) is 15.6. The highest BCUT2D eigenvalue weighted by atomic mass is 16.6.